The maximum absolute atomic E-state index is 12.7. The van der Waals surface area contributed by atoms with Gasteiger partial charge < -0.3 is 4.90 Å². The fourth-order valence-electron chi connectivity index (χ4n) is 2.88. The van der Waals surface area contributed by atoms with Gasteiger partial charge in [0.2, 0.25) is 5.91 Å². The predicted molar refractivity (Wildman–Crippen MR) is 89.7 cm³/mol. The van der Waals surface area contributed by atoms with Crippen LogP contribution in [0.1, 0.15) is 32.3 Å². The van der Waals surface area contributed by atoms with Crippen molar-refractivity contribution in [2.75, 3.05) is 14.1 Å². The van der Waals surface area contributed by atoms with Gasteiger partial charge in [0.25, 0.3) is 0 Å². The molecular formula is C18H25N3O. The molecule has 1 aromatic heterocycles. The standard InChI is InChI=1S/C18H25N3O/c1-6-12-18(3,17(22)20(4)5)21-13-14(2)16(19-21)15-10-8-7-9-11-15/h7-11,13H,6,12H2,1-5H3. The van der Waals surface area contributed by atoms with Crippen LogP contribution in [0.25, 0.3) is 11.3 Å². The van der Waals surface area contributed by atoms with Crippen LogP contribution in [0.2, 0.25) is 0 Å². The van der Waals surface area contributed by atoms with Crippen LogP contribution < -0.4 is 0 Å². The van der Waals surface area contributed by atoms with Crippen LogP contribution in [-0.4, -0.2) is 34.7 Å². The molecule has 2 rings (SSSR count). The van der Waals surface area contributed by atoms with Crippen LogP contribution in [0, 0.1) is 6.92 Å². The zero-order valence-electron chi connectivity index (χ0n) is 14.1. The van der Waals surface area contributed by atoms with Gasteiger partial charge in [-0.25, -0.2) is 0 Å². The average molecular weight is 299 g/mol. The normalized spacial score (nSPS) is 13.7. The van der Waals surface area contributed by atoms with Gasteiger partial charge in [-0.15, -0.1) is 0 Å². The smallest absolute Gasteiger partial charge is 0.249 e. The van der Waals surface area contributed by atoms with E-state index in [1.165, 1.54) is 0 Å². The minimum atomic E-state index is -0.643. The lowest BCUT2D eigenvalue weighted by molar-refractivity contribution is -0.138. The van der Waals surface area contributed by atoms with Gasteiger partial charge in [0.15, 0.2) is 0 Å². The Labute approximate surface area is 132 Å². The van der Waals surface area contributed by atoms with Gasteiger partial charge >= 0.3 is 0 Å². The zero-order chi connectivity index (χ0) is 16.3. The van der Waals surface area contributed by atoms with Crippen LogP contribution in [0.15, 0.2) is 36.5 Å². The lowest BCUT2D eigenvalue weighted by atomic mass is 9.94. The second-order valence-electron chi connectivity index (χ2n) is 6.19. The van der Waals surface area contributed by atoms with E-state index in [1.54, 1.807) is 19.0 Å². The third kappa shape index (κ3) is 2.91. The molecule has 2 aromatic rings. The summed E-state index contributed by atoms with van der Waals surface area (Å²) in [6.45, 7) is 6.11. The van der Waals surface area contributed by atoms with Gasteiger partial charge in [-0.05, 0) is 25.8 Å². The molecule has 0 aliphatic rings. The van der Waals surface area contributed by atoms with Gasteiger partial charge in [0.05, 0.1) is 5.69 Å². The molecule has 0 bridgehead atoms. The third-order valence-corrected chi connectivity index (χ3v) is 4.05. The van der Waals surface area contributed by atoms with Crippen LogP contribution in [0.4, 0.5) is 0 Å². The molecule has 1 heterocycles. The Balaban J connectivity index is 2.49. The molecular weight excluding hydrogens is 274 g/mol. The molecule has 22 heavy (non-hydrogen) atoms. The van der Waals surface area contributed by atoms with Crippen LogP contribution in [-0.2, 0) is 10.3 Å². The first-order valence-corrected chi connectivity index (χ1v) is 7.74. The van der Waals surface area contributed by atoms with Gasteiger partial charge in [0, 0.05) is 25.9 Å². The molecule has 0 aliphatic carbocycles. The Morgan fingerprint density at radius 3 is 2.45 bits per heavy atom. The second kappa shape index (κ2) is 6.34. The van der Waals surface area contributed by atoms with E-state index in [1.807, 2.05) is 55.1 Å². The molecule has 0 saturated carbocycles. The topological polar surface area (TPSA) is 38.1 Å². The molecule has 0 saturated heterocycles. The Morgan fingerprint density at radius 2 is 1.91 bits per heavy atom. The van der Waals surface area contributed by atoms with E-state index in [0.29, 0.717) is 0 Å². The highest BCUT2D eigenvalue weighted by molar-refractivity contribution is 5.83. The van der Waals surface area contributed by atoms with Crippen molar-refractivity contribution in [1.29, 1.82) is 0 Å². The number of likely N-dealkylation sites (N-methyl/N-ethyl adjacent to an activating group) is 1. The number of carbonyl (C=O) groups is 1. The van der Waals surface area contributed by atoms with Crippen molar-refractivity contribution in [3.63, 3.8) is 0 Å². The van der Waals surface area contributed by atoms with Crippen molar-refractivity contribution < 1.29 is 4.79 Å². The number of aryl methyl sites for hydroxylation is 1. The molecule has 1 amide bonds. The summed E-state index contributed by atoms with van der Waals surface area (Å²) in [5.74, 6) is 0.0801. The van der Waals surface area contributed by atoms with Crippen molar-refractivity contribution in [3.05, 3.63) is 42.1 Å². The van der Waals surface area contributed by atoms with Crippen molar-refractivity contribution in [1.82, 2.24) is 14.7 Å². The first-order valence-electron chi connectivity index (χ1n) is 7.74. The Hall–Kier alpha value is -2.10. The lowest BCUT2D eigenvalue weighted by Crippen LogP contribution is -2.46. The minimum Gasteiger partial charge on any atom is -0.347 e. The van der Waals surface area contributed by atoms with Crippen molar-refractivity contribution in [2.45, 2.75) is 39.2 Å². The maximum Gasteiger partial charge on any atom is 0.249 e. The Kier molecular flexibility index (Phi) is 4.69. The number of carbonyl (C=O) groups excluding carboxylic acids is 1. The summed E-state index contributed by atoms with van der Waals surface area (Å²) in [4.78, 5) is 14.3. The summed E-state index contributed by atoms with van der Waals surface area (Å²) in [6, 6.07) is 10.1. The van der Waals surface area contributed by atoms with Gasteiger partial charge in [-0.1, -0.05) is 43.7 Å². The summed E-state index contributed by atoms with van der Waals surface area (Å²) >= 11 is 0. The molecule has 4 heteroatoms. The van der Waals surface area contributed by atoms with Crippen molar-refractivity contribution in [3.8, 4) is 11.3 Å². The number of hydrogen-bond donors (Lipinski definition) is 0. The Bertz CT molecular complexity index is 646. The molecule has 0 N–H and O–H groups in total. The molecule has 1 unspecified atom stereocenters. The minimum absolute atomic E-state index is 0.0801. The molecule has 0 fully saturated rings. The van der Waals surface area contributed by atoms with Gasteiger partial charge in [0.1, 0.15) is 5.54 Å². The van der Waals surface area contributed by atoms with Gasteiger partial charge in [-0.3, -0.25) is 9.48 Å². The number of rotatable bonds is 5. The highest BCUT2D eigenvalue weighted by Crippen LogP contribution is 2.28. The largest absolute Gasteiger partial charge is 0.347 e. The number of hydrogen-bond acceptors (Lipinski definition) is 2. The van der Waals surface area contributed by atoms with E-state index >= 15 is 0 Å². The molecule has 4 nitrogen and oxygen atoms in total. The molecule has 0 spiro atoms. The number of benzene rings is 1. The molecule has 1 aromatic carbocycles. The van der Waals surface area contributed by atoms with Crippen LogP contribution in [0.3, 0.4) is 0 Å². The molecule has 0 radical (unpaired) electrons. The fraction of sp³-hybridized carbons (Fsp3) is 0.444. The Morgan fingerprint density at radius 1 is 1.27 bits per heavy atom. The third-order valence-electron chi connectivity index (χ3n) is 4.05. The number of amides is 1. The van der Waals surface area contributed by atoms with Crippen LogP contribution in [0.5, 0.6) is 0 Å². The summed E-state index contributed by atoms with van der Waals surface area (Å²) in [5, 5.41) is 4.74. The summed E-state index contributed by atoms with van der Waals surface area (Å²) in [7, 11) is 3.59. The highest BCUT2D eigenvalue weighted by Gasteiger charge is 2.37. The summed E-state index contributed by atoms with van der Waals surface area (Å²) in [5.41, 5.74) is 2.46. The summed E-state index contributed by atoms with van der Waals surface area (Å²) in [6.07, 6.45) is 3.68. The lowest BCUT2D eigenvalue weighted by Gasteiger charge is -2.31. The van der Waals surface area contributed by atoms with E-state index in [4.69, 9.17) is 5.10 Å². The van der Waals surface area contributed by atoms with E-state index in [0.717, 1.165) is 29.7 Å². The van der Waals surface area contributed by atoms with Crippen molar-refractivity contribution in [2.24, 2.45) is 0 Å². The first-order chi connectivity index (χ1) is 10.4. The van der Waals surface area contributed by atoms with E-state index in [9.17, 15) is 4.79 Å². The second-order valence-corrected chi connectivity index (χ2v) is 6.19. The van der Waals surface area contributed by atoms with Crippen LogP contribution >= 0.6 is 0 Å². The van der Waals surface area contributed by atoms with E-state index < -0.39 is 5.54 Å². The maximum atomic E-state index is 12.7. The SMILES string of the molecule is CCCC(C)(C(=O)N(C)C)n1cc(C)c(-c2ccccc2)n1. The monoisotopic (exact) mass is 299 g/mol. The zero-order valence-corrected chi connectivity index (χ0v) is 14.1. The predicted octanol–water partition coefficient (Wildman–Crippen LogP) is 3.46. The average Bonchev–Trinajstić information content (AvgIpc) is 2.90. The molecule has 1 atom stereocenters. The van der Waals surface area contributed by atoms with E-state index in [2.05, 4.69) is 6.92 Å². The quantitative estimate of drug-likeness (QED) is 0.848. The van der Waals surface area contributed by atoms with Crippen molar-refractivity contribution >= 4 is 5.91 Å². The first kappa shape index (κ1) is 16.3. The van der Waals surface area contributed by atoms with Gasteiger partial charge in [-0.2, -0.15) is 5.10 Å². The molecule has 118 valence electrons. The number of nitrogens with zero attached hydrogens (tertiary/aromatic N) is 3. The fourth-order valence-corrected chi connectivity index (χ4v) is 2.88. The molecule has 0 aliphatic heterocycles. The highest BCUT2D eigenvalue weighted by atomic mass is 16.2. The van der Waals surface area contributed by atoms with E-state index in [-0.39, 0.29) is 5.91 Å². The summed E-state index contributed by atoms with van der Waals surface area (Å²) < 4.78 is 1.84. The number of aromatic nitrogens is 2.